The van der Waals surface area contributed by atoms with E-state index < -0.39 is 5.91 Å². The summed E-state index contributed by atoms with van der Waals surface area (Å²) in [6.07, 6.45) is 0. The van der Waals surface area contributed by atoms with Gasteiger partial charge in [-0.2, -0.15) is 4.37 Å². The highest BCUT2D eigenvalue weighted by Gasteiger charge is 2.18. The van der Waals surface area contributed by atoms with Crippen molar-refractivity contribution in [1.82, 2.24) is 23.9 Å². The van der Waals surface area contributed by atoms with Crippen molar-refractivity contribution in [1.29, 1.82) is 0 Å². The van der Waals surface area contributed by atoms with Crippen LogP contribution in [0.2, 0.25) is 9.36 Å². The van der Waals surface area contributed by atoms with Gasteiger partial charge in [-0.3, -0.25) is 4.79 Å². The second-order valence-corrected chi connectivity index (χ2v) is 8.18. The minimum absolute atomic E-state index is 0.0799. The molecule has 0 aliphatic rings. The summed E-state index contributed by atoms with van der Waals surface area (Å²) >= 11 is 12.7. The fourth-order valence-electron chi connectivity index (χ4n) is 3.05. The van der Waals surface area contributed by atoms with Crippen LogP contribution in [0.4, 0.5) is 0 Å². The summed E-state index contributed by atoms with van der Waals surface area (Å²) in [5.74, 6) is -0.442. The Morgan fingerprint density at radius 3 is 2.75 bits per heavy atom. The van der Waals surface area contributed by atoms with E-state index in [1.54, 1.807) is 4.40 Å². The second kappa shape index (κ2) is 7.20. The minimum Gasteiger partial charge on any atom is -0.349 e. The lowest BCUT2D eigenvalue weighted by Crippen LogP contribution is -2.31. The molecular weight excluding hydrogens is 421 g/mol. The first-order valence-electron chi connectivity index (χ1n) is 8.45. The number of carbonyl (C=O) groups excluding carboxylic acids is 1. The molecule has 1 N–H and O–H groups in total. The number of nitrogens with one attached hydrogen (secondary N) is 1. The van der Waals surface area contributed by atoms with Crippen LogP contribution < -0.4 is 11.0 Å². The van der Waals surface area contributed by atoms with Crippen molar-refractivity contribution in [3.05, 3.63) is 60.9 Å². The molecule has 4 rings (SSSR count). The summed E-state index contributed by atoms with van der Waals surface area (Å²) in [5.41, 5.74) is 3.20. The van der Waals surface area contributed by atoms with Crippen LogP contribution in [0.15, 0.2) is 29.1 Å². The maximum atomic E-state index is 12.9. The Kier molecular flexibility index (Phi) is 4.86. The van der Waals surface area contributed by atoms with E-state index in [1.165, 1.54) is 4.68 Å². The molecule has 3 heterocycles. The fourth-order valence-corrected chi connectivity index (χ4v) is 4.05. The topological polar surface area (TPSA) is 81.3 Å². The van der Waals surface area contributed by atoms with E-state index in [4.69, 9.17) is 23.2 Å². The van der Waals surface area contributed by atoms with Crippen LogP contribution in [-0.2, 0) is 6.54 Å². The summed E-state index contributed by atoms with van der Waals surface area (Å²) in [5, 5.41) is 8.23. The molecule has 0 aliphatic carbocycles. The number of hydrogen-bond acceptors (Lipinski definition) is 5. The average Bonchev–Trinajstić information content (AvgIpc) is 3.17. The predicted octanol–water partition coefficient (Wildman–Crippen LogP) is 3.46. The van der Waals surface area contributed by atoms with Crippen molar-refractivity contribution >= 4 is 57.2 Å². The summed E-state index contributed by atoms with van der Waals surface area (Å²) in [4.78, 5) is 25.1. The average molecular weight is 436 g/mol. The van der Waals surface area contributed by atoms with Crippen molar-refractivity contribution < 1.29 is 4.79 Å². The lowest BCUT2D eigenvalue weighted by atomic mass is 10.1. The minimum atomic E-state index is -0.442. The number of nitrogens with zero attached hydrogens (tertiary/aromatic N) is 4. The SMILES string of the molecule is Cc1ccc2cc(C)c3nn(CCNC(=O)c4nsc(Cl)c4Cl)c(=O)n3c2c1. The molecule has 0 aliphatic heterocycles. The molecule has 28 heavy (non-hydrogen) atoms. The lowest BCUT2D eigenvalue weighted by Gasteiger charge is -2.04. The highest BCUT2D eigenvalue weighted by atomic mass is 35.5. The van der Waals surface area contributed by atoms with Gasteiger partial charge in [-0.05, 0) is 54.0 Å². The van der Waals surface area contributed by atoms with Crippen molar-refractivity contribution in [2.24, 2.45) is 0 Å². The Balaban J connectivity index is 1.62. The van der Waals surface area contributed by atoms with E-state index in [-0.39, 0.29) is 33.8 Å². The van der Waals surface area contributed by atoms with Crippen LogP contribution in [0.1, 0.15) is 21.6 Å². The number of carbonyl (C=O) groups is 1. The third-order valence-electron chi connectivity index (χ3n) is 4.41. The first-order chi connectivity index (χ1) is 13.4. The van der Waals surface area contributed by atoms with Gasteiger partial charge in [0.05, 0.1) is 12.1 Å². The zero-order chi connectivity index (χ0) is 20.0. The molecule has 1 amide bonds. The Bertz CT molecular complexity index is 1290. The highest BCUT2D eigenvalue weighted by Crippen LogP contribution is 2.29. The Morgan fingerprint density at radius 2 is 2.04 bits per heavy atom. The molecule has 0 spiro atoms. The van der Waals surface area contributed by atoms with Gasteiger partial charge in [-0.15, -0.1) is 5.10 Å². The van der Waals surface area contributed by atoms with Gasteiger partial charge in [-0.1, -0.05) is 35.3 Å². The van der Waals surface area contributed by atoms with Crippen LogP contribution in [-0.4, -0.2) is 31.0 Å². The normalized spacial score (nSPS) is 11.4. The maximum Gasteiger partial charge on any atom is 0.350 e. The molecule has 0 unspecified atom stereocenters. The molecule has 144 valence electrons. The quantitative estimate of drug-likeness (QED) is 0.531. The van der Waals surface area contributed by atoms with E-state index in [0.29, 0.717) is 5.65 Å². The van der Waals surface area contributed by atoms with Gasteiger partial charge in [-0.25, -0.2) is 13.9 Å². The summed E-state index contributed by atoms with van der Waals surface area (Å²) < 4.78 is 7.14. The number of halogens is 2. The fraction of sp³-hybridized carbons (Fsp3) is 0.222. The molecular formula is C18H15Cl2N5O2S. The summed E-state index contributed by atoms with van der Waals surface area (Å²) in [6, 6.07) is 7.97. The van der Waals surface area contributed by atoms with Crippen LogP contribution in [0.5, 0.6) is 0 Å². The third kappa shape index (κ3) is 3.17. The molecule has 4 aromatic rings. The summed E-state index contributed by atoms with van der Waals surface area (Å²) in [7, 11) is 0. The van der Waals surface area contributed by atoms with Crippen molar-refractivity contribution in [2.75, 3.05) is 6.54 Å². The number of fused-ring (bicyclic) bond motifs is 3. The Hall–Kier alpha value is -2.42. The van der Waals surface area contributed by atoms with Gasteiger partial charge in [0, 0.05) is 6.54 Å². The van der Waals surface area contributed by atoms with Gasteiger partial charge >= 0.3 is 5.69 Å². The number of benzene rings is 1. The van der Waals surface area contributed by atoms with Crippen LogP contribution in [0, 0.1) is 13.8 Å². The Morgan fingerprint density at radius 1 is 1.25 bits per heavy atom. The third-order valence-corrected chi connectivity index (χ3v) is 6.02. The molecule has 0 saturated heterocycles. The van der Waals surface area contributed by atoms with Gasteiger partial charge < -0.3 is 5.32 Å². The van der Waals surface area contributed by atoms with Crippen molar-refractivity contribution in [3.8, 4) is 0 Å². The Labute approximate surface area is 173 Å². The van der Waals surface area contributed by atoms with Gasteiger partial charge in [0.1, 0.15) is 9.36 Å². The molecule has 0 radical (unpaired) electrons. The summed E-state index contributed by atoms with van der Waals surface area (Å²) in [6.45, 7) is 4.31. The molecule has 7 nitrogen and oxygen atoms in total. The second-order valence-electron chi connectivity index (χ2n) is 6.43. The first kappa shape index (κ1) is 18.9. The molecule has 0 atom stereocenters. The molecule has 0 bridgehead atoms. The number of aromatic nitrogens is 4. The molecule has 0 saturated carbocycles. The van der Waals surface area contributed by atoms with E-state index in [0.717, 1.165) is 33.6 Å². The zero-order valence-corrected chi connectivity index (χ0v) is 17.3. The van der Waals surface area contributed by atoms with Crippen molar-refractivity contribution in [3.63, 3.8) is 0 Å². The van der Waals surface area contributed by atoms with Gasteiger partial charge in [0.15, 0.2) is 11.3 Å². The van der Waals surface area contributed by atoms with Gasteiger partial charge in [0.2, 0.25) is 0 Å². The van der Waals surface area contributed by atoms with Crippen LogP contribution in [0.3, 0.4) is 0 Å². The number of aryl methyl sites for hydroxylation is 2. The van der Waals surface area contributed by atoms with Crippen LogP contribution >= 0.6 is 34.7 Å². The highest BCUT2D eigenvalue weighted by molar-refractivity contribution is 7.11. The standard InChI is InChI=1S/C18H15Cl2N5O2S/c1-9-3-4-11-8-10(2)16-22-24(18(27)25(16)12(11)7-9)6-5-21-17(26)14-13(19)15(20)28-23-14/h3-4,7-8H,5-6H2,1-2H3,(H,21,26). The number of rotatable bonds is 4. The molecule has 3 aromatic heterocycles. The van der Waals surface area contributed by atoms with E-state index >= 15 is 0 Å². The number of pyridine rings is 1. The molecule has 1 aromatic carbocycles. The van der Waals surface area contributed by atoms with Crippen molar-refractivity contribution in [2.45, 2.75) is 20.4 Å². The maximum absolute atomic E-state index is 12.9. The number of amides is 1. The monoisotopic (exact) mass is 435 g/mol. The van der Waals surface area contributed by atoms with Gasteiger partial charge in [0.25, 0.3) is 5.91 Å². The van der Waals surface area contributed by atoms with E-state index in [1.807, 2.05) is 38.1 Å². The van der Waals surface area contributed by atoms with Crippen LogP contribution in [0.25, 0.3) is 16.6 Å². The van der Waals surface area contributed by atoms with E-state index in [2.05, 4.69) is 14.8 Å². The number of hydrogen-bond donors (Lipinski definition) is 1. The van der Waals surface area contributed by atoms with E-state index in [9.17, 15) is 9.59 Å². The first-order valence-corrected chi connectivity index (χ1v) is 9.98. The molecule has 0 fully saturated rings. The zero-order valence-electron chi connectivity index (χ0n) is 15.0. The predicted molar refractivity (Wildman–Crippen MR) is 111 cm³/mol. The molecule has 10 heteroatoms. The smallest absolute Gasteiger partial charge is 0.349 e. The lowest BCUT2D eigenvalue weighted by molar-refractivity contribution is 0.0948. The largest absolute Gasteiger partial charge is 0.350 e.